The number of likely N-dealkylation sites (N-methyl/N-ethyl adjacent to an activating group) is 1. The number of piperazine rings is 1. The molecule has 1 fully saturated rings. The Balaban J connectivity index is 1.63. The Labute approximate surface area is 232 Å². The lowest BCUT2D eigenvalue weighted by Crippen LogP contribution is -2.62. The molecule has 2 heterocycles. The van der Waals surface area contributed by atoms with Crippen molar-refractivity contribution in [3.63, 3.8) is 0 Å². The number of phenolic OH excluding ortho intramolecular Hbond substituents is 1. The third-order valence-electron chi connectivity index (χ3n) is 6.83. The number of aliphatic hydroxyl groups excluding tert-OH is 1. The summed E-state index contributed by atoms with van der Waals surface area (Å²) in [5.41, 5.74) is -0.795. The van der Waals surface area contributed by atoms with Gasteiger partial charge in [-0.3, -0.25) is 14.5 Å². The third kappa shape index (κ3) is 5.71. The number of benzene rings is 2. The van der Waals surface area contributed by atoms with Crippen molar-refractivity contribution in [3.05, 3.63) is 58.4 Å². The SMILES string of the molecule is CCN1CCN(C(=O)NC(C(=O)N[C@H]2Cc3cccc(C(=O)O)c3OB2O)c2cc(C#N)c(O)cc2F)C(O)C1=O. The first-order valence-electron chi connectivity index (χ1n) is 12.4. The van der Waals surface area contributed by atoms with E-state index in [1.54, 1.807) is 13.0 Å². The predicted molar refractivity (Wildman–Crippen MR) is 137 cm³/mol. The molecule has 2 aliphatic heterocycles. The van der Waals surface area contributed by atoms with E-state index in [4.69, 9.17) is 4.65 Å². The summed E-state index contributed by atoms with van der Waals surface area (Å²) in [6.45, 7) is 1.95. The van der Waals surface area contributed by atoms with Crippen LogP contribution in [0.3, 0.4) is 0 Å². The number of nitrogens with one attached hydrogen (secondary N) is 2. The molecule has 6 N–H and O–H groups in total. The van der Waals surface area contributed by atoms with Crippen LogP contribution in [0.1, 0.15) is 40.0 Å². The van der Waals surface area contributed by atoms with Crippen LogP contribution in [0.5, 0.6) is 11.5 Å². The number of phenols is 1. The van der Waals surface area contributed by atoms with E-state index in [1.807, 2.05) is 0 Å². The summed E-state index contributed by atoms with van der Waals surface area (Å²) in [4.78, 5) is 52.6. The van der Waals surface area contributed by atoms with E-state index < -0.39 is 71.8 Å². The fourth-order valence-corrected chi connectivity index (χ4v) is 4.65. The average molecular weight is 569 g/mol. The number of rotatable bonds is 6. The molecule has 0 aromatic heterocycles. The number of urea groups is 1. The molecule has 2 aliphatic rings. The van der Waals surface area contributed by atoms with Gasteiger partial charge >= 0.3 is 19.1 Å². The molecular formula is C25H25BFN5O9. The van der Waals surface area contributed by atoms with Crippen molar-refractivity contribution < 1.29 is 48.6 Å². The maximum absolute atomic E-state index is 15.0. The van der Waals surface area contributed by atoms with Crippen LogP contribution in [0.4, 0.5) is 9.18 Å². The number of carbonyl (C=O) groups excluding carboxylic acids is 3. The van der Waals surface area contributed by atoms with Gasteiger partial charge in [0, 0.05) is 31.3 Å². The van der Waals surface area contributed by atoms with Gasteiger partial charge in [0.2, 0.25) is 12.1 Å². The minimum atomic E-state index is -1.87. The van der Waals surface area contributed by atoms with Crippen LogP contribution in [0.15, 0.2) is 30.3 Å². The summed E-state index contributed by atoms with van der Waals surface area (Å²) < 4.78 is 20.4. The molecule has 0 radical (unpaired) electrons. The molecule has 2 aromatic rings. The van der Waals surface area contributed by atoms with E-state index in [0.717, 1.165) is 11.0 Å². The van der Waals surface area contributed by atoms with Gasteiger partial charge in [0.1, 0.15) is 29.4 Å². The second-order valence-corrected chi connectivity index (χ2v) is 9.30. The van der Waals surface area contributed by atoms with E-state index in [9.17, 15) is 44.8 Å². The van der Waals surface area contributed by atoms with Crippen molar-refractivity contribution in [1.29, 1.82) is 5.26 Å². The number of aliphatic hydroxyl groups is 1. The first-order valence-corrected chi connectivity index (χ1v) is 12.4. The van der Waals surface area contributed by atoms with E-state index in [-0.39, 0.29) is 37.4 Å². The van der Waals surface area contributed by atoms with Crippen molar-refractivity contribution in [3.8, 4) is 17.6 Å². The van der Waals surface area contributed by atoms with Crippen LogP contribution in [-0.2, 0) is 16.0 Å². The number of hydrogen-bond donors (Lipinski definition) is 6. The highest BCUT2D eigenvalue weighted by Crippen LogP contribution is 2.31. The average Bonchev–Trinajstić information content (AvgIpc) is 2.93. The number of fused-ring (bicyclic) bond motifs is 1. The van der Waals surface area contributed by atoms with Gasteiger partial charge < -0.3 is 40.5 Å². The van der Waals surface area contributed by atoms with Gasteiger partial charge in [-0.2, -0.15) is 5.26 Å². The molecule has 2 aromatic carbocycles. The molecule has 4 rings (SSSR count). The summed E-state index contributed by atoms with van der Waals surface area (Å²) in [6, 6.07) is 4.35. The third-order valence-corrected chi connectivity index (χ3v) is 6.83. The van der Waals surface area contributed by atoms with Gasteiger partial charge in [0.15, 0.2) is 0 Å². The van der Waals surface area contributed by atoms with Crippen LogP contribution in [0, 0.1) is 17.1 Å². The number of aromatic carboxylic acids is 1. The number of amides is 4. The normalized spacial score (nSPS) is 19.0. The zero-order chi connectivity index (χ0) is 30.0. The molecule has 14 nitrogen and oxygen atoms in total. The minimum absolute atomic E-state index is 0.0871. The molecule has 0 aliphatic carbocycles. The monoisotopic (exact) mass is 569 g/mol. The highest BCUT2D eigenvalue weighted by atomic mass is 19.1. The Morgan fingerprint density at radius 1 is 1.29 bits per heavy atom. The largest absolute Gasteiger partial charge is 0.547 e. The number of para-hydroxylation sites is 1. The molecule has 16 heteroatoms. The number of nitriles is 1. The Morgan fingerprint density at radius 2 is 2.02 bits per heavy atom. The van der Waals surface area contributed by atoms with Gasteiger partial charge in [-0.05, 0) is 31.0 Å². The van der Waals surface area contributed by atoms with Crippen LogP contribution in [-0.4, -0.2) is 92.9 Å². The summed E-state index contributed by atoms with van der Waals surface area (Å²) in [7, 11) is -1.73. The van der Waals surface area contributed by atoms with Gasteiger partial charge in [-0.25, -0.2) is 14.0 Å². The minimum Gasteiger partial charge on any atom is -0.534 e. The lowest BCUT2D eigenvalue weighted by atomic mass is 9.72. The van der Waals surface area contributed by atoms with Gasteiger partial charge in [-0.1, -0.05) is 12.1 Å². The number of carboxylic acid groups (broad SMARTS) is 1. The van der Waals surface area contributed by atoms with E-state index in [1.165, 1.54) is 23.1 Å². The Kier molecular flexibility index (Phi) is 8.31. The number of carbonyl (C=O) groups is 4. The van der Waals surface area contributed by atoms with Crippen molar-refractivity contribution >= 4 is 30.9 Å². The first-order chi connectivity index (χ1) is 19.5. The molecule has 1 saturated heterocycles. The Hall–Kier alpha value is -4.88. The number of hydrogen-bond acceptors (Lipinski definition) is 9. The molecule has 0 bridgehead atoms. The highest BCUT2D eigenvalue weighted by molar-refractivity contribution is 6.47. The fourth-order valence-electron chi connectivity index (χ4n) is 4.65. The van der Waals surface area contributed by atoms with Gasteiger partial charge in [0.05, 0.1) is 17.1 Å². The van der Waals surface area contributed by atoms with Crippen LogP contribution in [0.25, 0.3) is 0 Å². The molecular weight excluding hydrogens is 544 g/mol. The van der Waals surface area contributed by atoms with E-state index in [0.29, 0.717) is 11.6 Å². The lowest BCUT2D eigenvalue weighted by molar-refractivity contribution is -0.153. The predicted octanol–water partition coefficient (Wildman–Crippen LogP) is -0.526. The summed E-state index contributed by atoms with van der Waals surface area (Å²) >= 11 is 0. The first kappa shape index (κ1) is 29.1. The lowest BCUT2D eigenvalue weighted by Gasteiger charge is -2.38. The summed E-state index contributed by atoms with van der Waals surface area (Å²) in [6.07, 6.45) is -1.97. The molecule has 0 saturated carbocycles. The van der Waals surface area contributed by atoms with E-state index >= 15 is 4.39 Å². The standard InChI is InChI=1S/C25H25BFN5O9/c1-2-31-6-7-32(23(36)22(31)35)25(39)30-19(15-8-13(11-28)17(33)10-16(15)27)21(34)29-18-9-12-4-3-5-14(24(37)38)20(12)41-26(18)40/h3-5,8,10,18-19,23,33,36,40H,2,6-7,9H2,1H3,(H,29,34)(H,30,39)(H,37,38)/t18-,19?,23?/m0/s1. The summed E-state index contributed by atoms with van der Waals surface area (Å²) in [5, 5.41) is 54.2. The Bertz CT molecular complexity index is 1450. The molecule has 2 unspecified atom stereocenters. The van der Waals surface area contributed by atoms with Gasteiger partial charge in [-0.15, -0.1) is 0 Å². The molecule has 4 amide bonds. The van der Waals surface area contributed by atoms with Crippen molar-refractivity contribution in [2.75, 3.05) is 19.6 Å². The zero-order valence-electron chi connectivity index (χ0n) is 21.6. The molecule has 41 heavy (non-hydrogen) atoms. The van der Waals surface area contributed by atoms with Gasteiger partial charge in [0.25, 0.3) is 5.91 Å². The van der Waals surface area contributed by atoms with Crippen molar-refractivity contribution in [2.45, 2.75) is 31.6 Å². The molecule has 0 spiro atoms. The maximum atomic E-state index is 15.0. The second-order valence-electron chi connectivity index (χ2n) is 9.30. The summed E-state index contributed by atoms with van der Waals surface area (Å²) in [5.74, 6) is -6.27. The fraction of sp³-hybridized carbons (Fsp3) is 0.320. The van der Waals surface area contributed by atoms with Crippen molar-refractivity contribution in [2.24, 2.45) is 0 Å². The molecule has 3 atom stereocenters. The number of nitrogens with zero attached hydrogens (tertiary/aromatic N) is 3. The van der Waals surface area contributed by atoms with Crippen LogP contribution in [0.2, 0.25) is 0 Å². The van der Waals surface area contributed by atoms with E-state index in [2.05, 4.69) is 10.6 Å². The topological polar surface area (TPSA) is 213 Å². The highest BCUT2D eigenvalue weighted by Gasteiger charge is 2.41. The number of carboxylic acids is 1. The Morgan fingerprint density at radius 3 is 2.68 bits per heavy atom. The smallest absolute Gasteiger partial charge is 0.534 e. The van der Waals surface area contributed by atoms with Crippen LogP contribution < -0.4 is 15.3 Å². The maximum Gasteiger partial charge on any atom is 0.547 e. The van der Waals surface area contributed by atoms with Crippen molar-refractivity contribution in [1.82, 2.24) is 20.4 Å². The zero-order valence-corrected chi connectivity index (χ0v) is 21.6. The quantitative estimate of drug-likeness (QED) is 0.245. The second kappa shape index (κ2) is 11.7. The molecule has 214 valence electrons. The number of aromatic hydroxyl groups is 1. The van der Waals surface area contributed by atoms with Crippen LogP contribution >= 0.6 is 0 Å². The number of halogens is 1.